The summed E-state index contributed by atoms with van der Waals surface area (Å²) in [5.41, 5.74) is 3.05. The normalized spacial score (nSPS) is 12.0. The summed E-state index contributed by atoms with van der Waals surface area (Å²) in [6.07, 6.45) is 2.04. The van der Waals surface area contributed by atoms with Crippen LogP contribution in [0.4, 0.5) is 5.69 Å². The number of hydrogen-bond donors (Lipinski definition) is 2. The van der Waals surface area contributed by atoms with E-state index in [4.69, 9.17) is 17.0 Å². The van der Waals surface area contributed by atoms with Crippen molar-refractivity contribution in [1.29, 1.82) is 0 Å². The largest absolute Gasteiger partial charge is 0.494 e. The maximum Gasteiger partial charge on any atom is 0.233 e. The van der Waals surface area contributed by atoms with E-state index < -0.39 is 0 Å². The fourth-order valence-electron chi connectivity index (χ4n) is 3.02. The first-order chi connectivity index (χ1) is 14.2. The van der Waals surface area contributed by atoms with Crippen LogP contribution in [0, 0.1) is 11.8 Å². The number of ether oxygens (including phenoxy) is 1. The molecule has 0 saturated heterocycles. The summed E-state index contributed by atoms with van der Waals surface area (Å²) >= 11 is 5.33. The Kier molecular flexibility index (Phi) is 9.31. The second kappa shape index (κ2) is 11.7. The van der Waals surface area contributed by atoms with E-state index in [0.29, 0.717) is 18.4 Å². The number of hydrogen-bond acceptors (Lipinski definition) is 3. The zero-order valence-electron chi connectivity index (χ0n) is 18.7. The second-order valence-electron chi connectivity index (χ2n) is 8.56. The van der Waals surface area contributed by atoms with Gasteiger partial charge in [-0.25, -0.2) is 0 Å². The van der Waals surface area contributed by atoms with Crippen LogP contribution in [-0.4, -0.2) is 17.6 Å². The lowest BCUT2D eigenvalue weighted by molar-refractivity contribution is -0.120. The molecule has 0 saturated carbocycles. The zero-order valence-corrected chi connectivity index (χ0v) is 19.5. The van der Waals surface area contributed by atoms with Crippen molar-refractivity contribution in [3.05, 3.63) is 59.7 Å². The first kappa shape index (κ1) is 23.9. The van der Waals surface area contributed by atoms with E-state index in [-0.39, 0.29) is 16.9 Å². The SMILES string of the molecule is CC(C)CCOc1cccc(NC(=S)NC(=O)C(C)c2ccc(CC(C)C)cc2)c1. The minimum absolute atomic E-state index is 0.131. The summed E-state index contributed by atoms with van der Waals surface area (Å²) in [7, 11) is 0. The van der Waals surface area contributed by atoms with Crippen LogP contribution in [0.2, 0.25) is 0 Å². The molecule has 0 aliphatic heterocycles. The molecular formula is C25H34N2O2S. The van der Waals surface area contributed by atoms with Crippen LogP contribution in [0.1, 0.15) is 58.1 Å². The fraction of sp³-hybridized carbons (Fsp3) is 0.440. The van der Waals surface area contributed by atoms with Gasteiger partial charge in [0.05, 0.1) is 12.5 Å². The molecule has 1 unspecified atom stereocenters. The standard InChI is InChI=1S/C25H34N2O2S/c1-17(2)13-14-29-23-8-6-7-22(16-23)26-25(30)27-24(28)19(5)21-11-9-20(10-12-21)15-18(3)4/h6-12,16-19H,13-15H2,1-5H3,(H2,26,27,28,30). The number of carbonyl (C=O) groups excluding carboxylic acids is 1. The predicted molar refractivity (Wildman–Crippen MR) is 129 cm³/mol. The highest BCUT2D eigenvalue weighted by Crippen LogP contribution is 2.19. The van der Waals surface area contributed by atoms with Crippen molar-refractivity contribution in [2.75, 3.05) is 11.9 Å². The third-order valence-electron chi connectivity index (χ3n) is 4.81. The fourth-order valence-corrected chi connectivity index (χ4v) is 3.24. The molecule has 1 atom stereocenters. The second-order valence-corrected chi connectivity index (χ2v) is 8.97. The molecule has 0 fully saturated rings. The van der Waals surface area contributed by atoms with Gasteiger partial charge >= 0.3 is 0 Å². The average Bonchev–Trinajstić information content (AvgIpc) is 2.67. The number of nitrogens with one attached hydrogen (secondary N) is 2. The lowest BCUT2D eigenvalue weighted by Gasteiger charge is -2.15. The zero-order chi connectivity index (χ0) is 22.1. The number of rotatable bonds is 9. The number of benzene rings is 2. The summed E-state index contributed by atoms with van der Waals surface area (Å²) < 4.78 is 5.78. The van der Waals surface area contributed by atoms with E-state index in [1.165, 1.54) is 5.56 Å². The van der Waals surface area contributed by atoms with Crippen LogP contribution in [0.15, 0.2) is 48.5 Å². The van der Waals surface area contributed by atoms with E-state index in [0.717, 1.165) is 29.8 Å². The van der Waals surface area contributed by atoms with Gasteiger partial charge in [0, 0.05) is 11.8 Å². The molecule has 2 aromatic carbocycles. The van der Waals surface area contributed by atoms with Crippen LogP contribution in [0.3, 0.4) is 0 Å². The summed E-state index contributed by atoms with van der Waals surface area (Å²) in [4.78, 5) is 12.6. The van der Waals surface area contributed by atoms with E-state index in [1.807, 2.05) is 43.3 Å². The Morgan fingerprint density at radius 1 is 1.00 bits per heavy atom. The van der Waals surface area contributed by atoms with Crippen molar-refractivity contribution in [2.24, 2.45) is 11.8 Å². The first-order valence-corrected chi connectivity index (χ1v) is 11.1. The van der Waals surface area contributed by atoms with Gasteiger partial charge in [0.25, 0.3) is 0 Å². The number of anilines is 1. The van der Waals surface area contributed by atoms with Crippen molar-refractivity contribution in [3.63, 3.8) is 0 Å². The topological polar surface area (TPSA) is 50.4 Å². The van der Waals surface area contributed by atoms with Gasteiger partial charge in [0.1, 0.15) is 5.75 Å². The predicted octanol–water partition coefficient (Wildman–Crippen LogP) is 5.93. The number of thiocarbonyl (C=S) groups is 1. The van der Waals surface area contributed by atoms with E-state index in [1.54, 1.807) is 0 Å². The minimum atomic E-state index is -0.288. The molecule has 0 spiro atoms. The molecule has 2 rings (SSSR count). The monoisotopic (exact) mass is 426 g/mol. The molecule has 2 N–H and O–H groups in total. The highest BCUT2D eigenvalue weighted by Gasteiger charge is 2.16. The highest BCUT2D eigenvalue weighted by atomic mass is 32.1. The van der Waals surface area contributed by atoms with Gasteiger partial charge in [-0.2, -0.15) is 0 Å². The van der Waals surface area contributed by atoms with Crippen molar-refractivity contribution in [1.82, 2.24) is 5.32 Å². The van der Waals surface area contributed by atoms with Gasteiger partial charge < -0.3 is 15.4 Å². The highest BCUT2D eigenvalue weighted by molar-refractivity contribution is 7.80. The molecule has 4 nitrogen and oxygen atoms in total. The molecular weight excluding hydrogens is 392 g/mol. The van der Waals surface area contributed by atoms with Gasteiger partial charge in [-0.1, -0.05) is 58.0 Å². The van der Waals surface area contributed by atoms with Crippen molar-refractivity contribution >= 4 is 28.9 Å². The van der Waals surface area contributed by atoms with Gasteiger partial charge in [-0.05, 0) is 67.1 Å². The van der Waals surface area contributed by atoms with Crippen LogP contribution >= 0.6 is 12.2 Å². The lowest BCUT2D eigenvalue weighted by atomic mass is 9.96. The maximum absolute atomic E-state index is 12.6. The van der Waals surface area contributed by atoms with Gasteiger partial charge in [-0.15, -0.1) is 0 Å². The van der Waals surface area contributed by atoms with Crippen LogP contribution in [-0.2, 0) is 11.2 Å². The summed E-state index contributed by atoms with van der Waals surface area (Å²) in [5, 5.41) is 6.14. The Hall–Kier alpha value is -2.40. The smallest absolute Gasteiger partial charge is 0.233 e. The van der Waals surface area contributed by atoms with E-state index >= 15 is 0 Å². The Morgan fingerprint density at radius 3 is 2.33 bits per heavy atom. The Balaban J connectivity index is 1.88. The quantitative estimate of drug-likeness (QED) is 0.488. The lowest BCUT2D eigenvalue weighted by Crippen LogP contribution is -2.36. The minimum Gasteiger partial charge on any atom is -0.494 e. The molecule has 162 valence electrons. The van der Waals surface area contributed by atoms with Crippen molar-refractivity contribution in [2.45, 2.75) is 53.4 Å². The molecule has 0 aliphatic rings. The third-order valence-corrected chi connectivity index (χ3v) is 5.01. The van der Waals surface area contributed by atoms with Crippen LogP contribution in [0.25, 0.3) is 0 Å². The molecule has 5 heteroatoms. The van der Waals surface area contributed by atoms with Crippen LogP contribution in [0.5, 0.6) is 5.75 Å². The Labute approximate surface area is 186 Å². The number of amides is 1. The van der Waals surface area contributed by atoms with Crippen molar-refractivity contribution in [3.8, 4) is 5.75 Å². The molecule has 0 aliphatic carbocycles. The van der Waals surface area contributed by atoms with Crippen LogP contribution < -0.4 is 15.4 Å². The molecule has 0 radical (unpaired) electrons. The first-order valence-electron chi connectivity index (χ1n) is 10.7. The average molecular weight is 427 g/mol. The molecule has 0 heterocycles. The van der Waals surface area contributed by atoms with Crippen molar-refractivity contribution < 1.29 is 9.53 Å². The summed E-state index contributed by atoms with van der Waals surface area (Å²) in [6.45, 7) is 11.3. The molecule has 0 bridgehead atoms. The summed E-state index contributed by atoms with van der Waals surface area (Å²) in [6, 6.07) is 15.8. The molecule has 2 aromatic rings. The molecule has 1 amide bonds. The Bertz CT molecular complexity index is 831. The van der Waals surface area contributed by atoms with Gasteiger partial charge in [0.15, 0.2) is 5.11 Å². The molecule has 30 heavy (non-hydrogen) atoms. The van der Waals surface area contributed by atoms with E-state index in [2.05, 4.69) is 50.5 Å². The van der Waals surface area contributed by atoms with Gasteiger partial charge in [-0.3, -0.25) is 4.79 Å². The van der Waals surface area contributed by atoms with E-state index in [9.17, 15) is 4.79 Å². The number of carbonyl (C=O) groups is 1. The maximum atomic E-state index is 12.6. The third kappa shape index (κ3) is 8.15. The Morgan fingerprint density at radius 2 is 1.70 bits per heavy atom. The summed E-state index contributed by atoms with van der Waals surface area (Å²) in [5.74, 6) is 1.57. The van der Waals surface area contributed by atoms with Gasteiger partial charge in [0.2, 0.25) is 5.91 Å². The molecule has 0 aromatic heterocycles.